The number of benzene rings is 1. The van der Waals surface area contributed by atoms with Gasteiger partial charge in [-0.3, -0.25) is 4.98 Å². The first-order valence-corrected chi connectivity index (χ1v) is 8.99. The Morgan fingerprint density at radius 3 is 2.79 bits per heavy atom. The Morgan fingerprint density at radius 1 is 1.25 bits per heavy atom. The molecule has 2 fully saturated rings. The van der Waals surface area contributed by atoms with Crippen molar-refractivity contribution in [2.45, 2.75) is 31.8 Å². The van der Waals surface area contributed by atoms with Crippen LogP contribution in [0.2, 0.25) is 5.02 Å². The molecule has 5 heteroatoms. The molecule has 0 bridgehead atoms. The average molecular weight is 342 g/mol. The number of piperidine rings is 1. The van der Waals surface area contributed by atoms with E-state index in [0.29, 0.717) is 22.6 Å². The van der Waals surface area contributed by atoms with Crippen molar-refractivity contribution in [1.29, 1.82) is 5.26 Å². The van der Waals surface area contributed by atoms with E-state index in [4.69, 9.17) is 16.3 Å². The summed E-state index contributed by atoms with van der Waals surface area (Å²) in [5.74, 6) is 0.644. The highest BCUT2D eigenvalue weighted by Crippen LogP contribution is 2.36. The van der Waals surface area contributed by atoms with Crippen LogP contribution < -0.4 is 4.90 Å². The van der Waals surface area contributed by atoms with Crippen LogP contribution in [0.25, 0.3) is 10.9 Å². The number of pyridine rings is 1. The molecule has 24 heavy (non-hydrogen) atoms. The largest absolute Gasteiger partial charge is 0.378 e. The van der Waals surface area contributed by atoms with Crippen molar-refractivity contribution in [3.05, 3.63) is 35.0 Å². The van der Waals surface area contributed by atoms with Crippen LogP contribution in [0.5, 0.6) is 0 Å². The van der Waals surface area contributed by atoms with Gasteiger partial charge in [-0.05, 0) is 49.8 Å². The van der Waals surface area contributed by atoms with E-state index in [2.05, 4.69) is 16.0 Å². The predicted molar refractivity (Wildman–Crippen MR) is 95.4 cm³/mol. The average Bonchev–Trinajstić information content (AvgIpc) is 3.15. The van der Waals surface area contributed by atoms with E-state index in [1.165, 1.54) is 12.8 Å². The molecule has 2 aromatic rings. The molecule has 2 saturated heterocycles. The molecule has 2 aliphatic heterocycles. The number of fused-ring (bicyclic) bond motifs is 1. The number of halogens is 1. The molecule has 2 aliphatic rings. The molecule has 124 valence electrons. The van der Waals surface area contributed by atoms with Crippen LogP contribution in [0.1, 0.15) is 31.2 Å². The minimum atomic E-state index is 0.436. The maximum Gasteiger partial charge on any atom is 0.103 e. The van der Waals surface area contributed by atoms with Crippen LogP contribution in [0.4, 0.5) is 5.69 Å². The second-order valence-corrected chi connectivity index (χ2v) is 7.11. The van der Waals surface area contributed by atoms with Crippen LogP contribution >= 0.6 is 11.6 Å². The fourth-order valence-corrected chi connectivity index (χ4v) is 4.21. The molecule has 0 spiro atoms. The Kier molecular flexibility index (Phi) is 4.30. The monoisotopic (exact) mass is 341 g/mol. The molecule has 1 atom stereocenters. The molecule has 1 unspecified atom stereocenters. The Balaban J connectivity index is 1.64. The minimum absolute atomic E-state index is 0.436. The van der Waals surface area contributed by atoms with Crippen molar-refractivity contribution in [2.24, 2.45) is 5.92 Å². The second-order valence-electron chi connectivity index (χ2n) is 6.67. The van der Waals surface area contributed by atoms with Gasteiger partial charge in [0.2, 0.25) is 0 Å². The van der Waals surface area contributed by atoms with Gasteiger partial charge in [0.05, 0.1) is 22.9 Å². The molecular weight excluding hydrogens is 322 g/mol. The maximum absolute atomic E-state index is 9.53. The van der Waals surface area contributed by atoms with E-state index in [-0.39, 0.29) is 0 Å². The summed E-state index contributed by atoms with van der Waals surface area (Å²) in [7, 11) is 0. The summed E-state index contributed by atoms with van der Waals surface area (Å²) in [6, 6.07) is 7.98. The molecule has 0 saturated carbocycles. The lowest BCUT2D eigenvalue weighted by Gasteiger charge is -2.36. The lowest BCUT2D eigenvalue weighted by Crippen LogP contribution is -2.38. The first-order valence-electron chi connectivity index (χ1n) is 8.61. The van der Waals surface area contributed by atoms with Crippen LogP contribution in [-0.4, -0.2) is 30.8 Å². The molecule has 1 aromatic heterocycles. The van der Waals surface area contributed by atoms with Gasteiger partial charge in [-0.1, -0.05) is 11.6 Å². The summed E-state index contributed by atoms with van der Waals surface area (Å²) in [6.07, 6.45) is 6.72. The quantitative estimate of drug-likeness (QED) is 0.823. The fourth-order valence-electron chi connectivity index (χ4n) is 4.04. The van der Waals surface area contributed by atoms with Gasteiger partial charge in [-0.25, -0.2) is 0 Å². The van der Waals surface area contributed by atoms with Crippen LogP contribution in [-0.2, 0) is 4.74 Å². The second kappa shape index (κ2) is 6.58. The highest BCUT2D eigenvalue weighted by Gasteiger charge is 2.30. The number of nitriles is 1. The van der Waals surface area contributed by atoms with E-state index in [0.717, 1.165) is 49.1 Å². The number of hydrogen-bond acceptors (Lipinski definition) is 4. The van der Waals surface area contributed by atoms with Gasteiger partial charge in [0.25, 0.3) is 0 Å². The number of hydrogen-bond donors (Lipinski definition) is 0. The van der Waals surface area contributed by atoms with Crippen molar-refractivity contribution in [2.75, 3.05) is 24.6 Å². The molecular formula is C19H20ClN3O. The van der Waals surface area contributed by atoms with Gasteiger partial charge in [0.15, 0.2) is 0 Å². The first kappa shape index (κ1) is 15.7. The van der Waals surface area contributed by atoms with Crippen LogP contribution in [0.3, 0.4) is 0 Å². The summed E-state index contributed by atoms with van der Waals surface area (Å²) in [5, 5.41) is 11.2. The highest BCUT2D eigenvalue weighted by atomic mass is 35.5. The molecule has 0 amide bonds. The van der Waals surface area contributed by atoms with Crippen LogP contribution in [0, 0.1) is 17.2 Å². The Morgan fingerprint density at radius 2 is 2.08 bits per heavy atom. The standard InChI is InChI=1S/C19H20ClN3O/c20-15-3-4-17-16(10-15)19(14(11-21)12-22-17)23-7-5-13(6-8-23)18-2-1-9-24-18/h3-4,10,12-13,18H,1-2,5-9H2. The Labute approximate surface area is 147 Å². The molecule has 0 radical (unpaired) electrons. The zero-order valence-electron chi connectivity index (χ0n) is 13.5. The van der Waals surface area contributed by atoms with Gasteiger partial charge in [0.1, 0.15) is 6.07 Å². The lowest BCUT2D eigenvalue weighted by molar-refractivity contribution is 0.0532. The molecule has 4 rings (SSSR count). The summed E-state index contributed by atoms with van der Waals surface area (Å²) in [5.41, 5.74) is 2.49. The smallest absolute Gasteiger partial charge is 0.103 e. The molecule has 4 nitrogen and oxygen atoms in total. The lowest BCUT2D eigenvalue weighted by atomic mass is 9.89. The van der Waals surface area contributed by atoms with Gasteiger partial charge >= 0.3 is 0 Å². The highest BCUT2D eigenvalue weighted by molar-refractivity contribution is 6.31. The summed E-state index contributed by atoms with van der Waals surface area (Å²) >= 11 is 6.19. The van der Waals surface area contributed by atoms with Crippen molar-refractivity contribution in [3.8, 4) is 6.07 Å². The normalized spacial score (nSPS) is 22.0. The molecule has 0 N–H and O–H groups in total. The summed E-state index contributed by atoms with van der Waals surface area (Å²) in [6.45, 7) is 2.81. The van der Waals surface area contributed by atoms with Gasteiger partial charge < -0.3 is 9.64 Å². The van der Waals surface area contributed by atoms with E-state index < -0.39 is 0 Å². The van der Waals surface area contributed by atoms with Crippen LogP contribution in [0.15, 0.2) is 24.4 Å². The number of anilines is 1. The van der Waals surface area contributed by atoms with Crippen molar-refractivity contribution < 1.29 is 4.74 Å². The van der Waals surface area contributed by atoms with Crippen molar-refractivity contribution in [1.82, 2.24) is 4.98 Å². The number of rotatable bonds is 2. The topological polar surface area (TPSA) is 49.2 Å². The summed E-state index contributed by atoms with van der Waals surface area (Å²) < 4.78 is 5.87. The predicted octanol–water partition coefficient (Wildman–Crippen LogP) is 4.16. The zero-order valence-corrected chi connectivity index (χ0v) is 14.3. The maximum atomic E-state index is 9.53. The fraction of sp³-hybridized carbons (Fsp3) is 0.474. The number of ether oxygens (including phenoxy) is 1. The third-order valence-electron chi connectivity index (χ3n) is 5.27. The van der Waals surface area contributed by atoms with Gasteiger partial charge in [-0.15, -0.1) is 0 Å². The van der Waals surface area contributed by atoms with E-state index in [9.17, 15) is 5.26 Å². The van der Waals surface area contributed by atoms with Gasteiger partial charge in [-0.2, -0.15) is 5.26 Å². The third kappa shape index (κ3) is 2.83. The molecule has 1 aromatic carbocycles. The minimum Gasteiger partial charge on any atom is -0.378 e. The van der Waals surface area contributed by atoms with Crippen molar-refractivity contribution in [3.63, 3.8) is 0 Å². The number of aromatic nitrogens is 1. The third-order valence-corrected chi connectivity index (χ3v) is 5.50. The SMILES string of the molecule is N#Cc1cnc2ccc(Cl)cc2c1N1CCC(C2CCCO2)CC1. The van der Waals surface area contributed by atoms with E-state index in [1.807, 2.05) is 18.2 Å². The Bertz CT molecular complexity index is 787. The van der Waals surface area contributed by atoms with Gasteiger partial charge in [0, 0.05) is 36.3 Å². The zero-order chi connectivity index (χ0) is 16.5. The summed E-state index contributed by atoms with van der Waals surface area (Å²) in [4.78, 5) is 6.72. The first-order chi connectivity index (χ1) is 11.8. The van der Waals surface area contributed by atoms with E-state index in [1.54, 1.807) is 6.20 Å². The Hall–Kier alpha value is -1.83. The van der Waals surface area contributed by atoms with E-state index >= 15 is 0 Å². The van der Waals surface area contributed by atoms with Crippen molar-refractivity contribution >= 4 is 28.2 Å². The number of nitrogens with zero attached hydrogens (tertiary/aromatic N) is 3. The molecule has 0 aliphatic carbocycles. The molecule has 3 heterocycles.